The zero-order valence-corrected chi connectivity index (χ0v) is 27.1. The highest BCUT2D eigenvalue weighted by molar-refractivity contribution is 7.90. The standard InChI is InChI=1S/C31H41Cl2N3O6S/c1-20(13-14-35(3)43(41,42)26-11-12-26)36-29(21-7-9-23(32)10-8-21)27(22-5-4-6-24(33)15-22)16-31(2,30(36)40)17-28(39)34-18-25(38)19-37/h4-10,15,20,25-27,29,37-38H,11-14,16-19H2,1-3H3,(H,34,39)/t20-,25+,27+,29+,31+/m0/s1. The van der Waals surface area contributed by atoms with Gasteiger partial charge in [-0.05, 0) is 68.0 Å². The third-order valence-electron chi connectivity index (χ3n) is 8.60. The van der Waals surface area contributed by atoms with Crippen molar-refractivity contribution in [1.29, 1.82) is 0 Å². The van der Waals surface area contributed by atoms with E-state index < -0.39 is 40.1 Å². The molecule has 5 atom stereocenters. The van der Waals surface area contributed by atoms with E-state index in [0.29, 0.717) is 35.7 Å². The van der Waals surface area contributed by atoms with Crippen LogP contribution in [0.1, 0.15) is 69.0 Å². The van der Waals surface area contributed by atoms with Gasteiger partial charge in [0.05, 0.1) is 29.4 Å². The Labute approximate surface area is 264 Å². The summed E-state index contributed by atoms with van der Waals surface area (Å²) in [5.41, 5.74) is 0.656. The topological polar surface area (TPSA) is 127 Å². The molecule has 2 fully saturated rings. The summed E-state index contributed by atoms with van der Waals surface area (Å²) in [6.07, 6.45) is 0.839. The molecule has 9 nitrogen and oxygen atoms in total. The first-order valence-corrected chi connectivity index (χ1v) is 16.9. The summed E-state index contributed by atoms with van der Waals surface area (Å²) in [5, 5.41) is 22.3. The van der Waals surface area contributed by atoms with Crippen LogP contribution in [0.3, 0.4) is 0 Å². The molecule has 2 aromatic carbocycles. The highest BCUT2D eigenvalue weighted by Gasteiger charge is 2.52. The normalized spacial score (nSPS) is 24.2. The van der Waals surface area contributed by atoms with Gasteiger partial charge in [0.2, 0.25) is 21.8 Å². The zero-order chi connectivity index (χ0) is 31.5. The molecule has 3 N–H and O–H groups in total. The van der Waals surface area contributed by atoms with Gasteiger partial charge in [-0.3, -0.25) is 9.59 Å². The highest BCUT2D eigenvalue weighted by atomic mass is 35.5. The monoisotopic (exact) mass is 653 g/mol. The smallest absolute Gasteiger partial charge is 0.229 e. The number of halogens is 2. The molecule has 0 aromatic heterocycles. The van der Waals surface area contributed by atoms with Crippen molar-refractivity contribution in [1.82, 2.24) is 14.5 Å². The van der Waals surface area contributed by atoms with Gasteiger partial charge in [0.1, 0.15) is 0 Å². The molecule has 2 aromatic rings. The maximum atomic E-state index is 14.5. The minimum atomic E-state index is -3.38. The Morgan fingerprint density at radius 3 is 2.42 bits per heavy atom. The Bertz CT molecular complexity index is 1400. The van der Waals surface area contributed by atoms with Crippen LogP contribution in [0, 0.1) is 5.41 Å². The quantitative estimate of drug-likeness (QED) is 0.299. The number of carbonyl (C=O) groups is 2. The van der Waals surface area contributed by atoms with Crippen LogP contribution in [-0.4, -0.2) is 83.8 Å². The number of rotatable bonds is 13. The fourth-order valence-corrected chi connectivity index (χ4v) is 7.92. The number of benzene rings is 2. The molecule has 0 spiro atoms. The Hall–Kier alpha value is -2.21. The summed E-state index contributed by atoms with van der Waals surface area (Å²) >= 11 is 12.7. The van der Waals surface area contributed by atoms with Gasteiger partial charge in [-0.2, -0.15) is 0 Å². The van der Waals surface area contributed by atoms with Crippen LogP contribution in [0.5, 0.6) is 0 Å². The fourth-order valence-electron chi connectivity index (χ4n) is 6.00. The molecule has 1 aliphatic heterocycles. The predicted molar refractivity (Wildman–Crippen MR) is 167 cm³/mol. The van der Waals surface area contributed by atoms with E-state index in [9.17, 15) is 23.1 Å². The average molecular weight is 655 g/mol. The Kier molecular flexibility index (Phi) is 10.8. The summed E-state index contributed by atoms with van der Waals surface area (Å²) in [6, 6.07) is 14.0. The molecular weight excluding hydrogens is 613 g/mol. The second kappa shape index (κ2) is 13.8. The first-order chi connectivity index (χ1) is 20.3. The van der Waals surface area contributed by atoms with E-state index in [4.69, 9.17) is 28.3 Å². The molecule has 2 aliphatic rings. The molecule has 43 heavy (non-hydrogen) atoms. The number of nitrogens with zero attached hydrogens (tertiary/aromatic N) is 2. The number of hydrogen-bond acceptors (Lipinski definition) is 6. The summed E-state index contributed by atoms with van der Waals surface area (Å²) in [5.74, 6) is -0.890. The van der Waals surface area contributed by atoms with Crippen LogP contribution in [0.15, 0.2) is 48.5 Å². The maximum Gasteiger partial charge on any atom is 0.229 e. The molecule has 12 heteroatoms. The largest absolute Gasteiger partial charge is 0.394 e. The lowest BCUT2D eigenvalue weighted by Gasteiger charge is -2.51. The maximum absolute atomic E-state index is 14.5. The number of hydrogen-bond donors (Lipinski definition) is 3. The van der Waals surface area contributed by atoms with E-state index in [1.807, 2.05) is 42.2 Å². The third kappa shape index (κ3) is 7.90. The van der Waals surface area contributed by atoms with Crippen LogP contribution in [-0.2, 0) is 19.6 Å². The molecule has 236 valence electrons. The molecule has 4 rings (SSSR count). The van der Waals surface area contributed by atoms with Crippen LogP contribution in [0.25, 0.3) is 0 Å². The van der Waals surface area contributed by atoms with Crippen molar-refractivity contribution >= 4 is 45.0 Å². The Balaban J connectivity index is 1.73. The number of aliphatic hydroxyl groups is 2. The number of sulfonamides is 1. The summed E-state index contributed by atoms with van der Waals surface area (Å²) in [7, 11) is -1.80. The molecule has 1 heterocycles. The molecule has 1 saturated heterocycles. The number of carbonyl (C=O) groups excluding carboxylic acids is 2. The molecule has 0 bridgehead atoms. The van der Waals surface area contributed by atoms with Crippen LogP contribution in [0.2, 0.25) is 10.0 Å². The van der Waals surface area contributed by atoms with Crippen LogP contribution >= 0.6 is 23.2 Å². The average Bonchev–Trinajstić information content (AvgIpc) is 3.82. The second-order valence-corrected chi connectivity index (χ2v) is 15.3. The zero-order valence-electron chi connectivity index (χ0n) is 24.7. The molecule has 0 radical (unpaired) electrons. The van der Waals surface area contributed by atoms with Crippen molar-refractivity contribution in [2.24, 2.45) is 5.41 Å². The van der Waals surface area contributed by atoms with Gasteiger partial charge in [0, 0.05) is 48.6 Å². The van der Waals surface area contributed by atoms with E-state index in [1.54, 1.807) is 32.2 Å². The first kappa shape index (κ1) is 33.7. The Morgan fingerprint density at radius 2 is 1.81 bits per heavy atom. The third-order valence-corrected chi connectivity index (χ3v) is 11.5. The fraction of sp³-hybridized carbons (Fsp3) is 0.548. The predicted octanol–water partition coefficient (Wildman–Crippen LogP) is 4.12. The first-order valence-electron chi connectivity index (χ1n) is 14.6. The summed E-state index contributed by atoms with van der Waals surface area (Å²) < 4.78 is 27.1. The number of aliphatic hydroxyl groups excluding tert-OH is 2. The van der Waals surface area contributed by atoms with Crippen molar-refractivity contribution < 1.29 is 28.2 Å². The van der Waals surface area contributed by atoms with E-state index in [2.05, 4.69) is 5.32 Å². The van der Waals surface area contributed by atoms with Crippen molar-refractivity contribution in [3.63, 3.8) is 0 Å². The molecule has 0 unspecified atom stereocenters. The van der Waals surface area contributed by atoms with Crippen molar-refractivity contribution in [3.8, 4) is 0 Å². The minimum absolute atomic E-state index is 0.131. The van der Waals surface area contributed by atoms with Gasteiger partial charge in [0.25, 0.3) is 0 Å². The van der Waals surface area contributed by atoms with Gasteiger partial charge >= 0.3 is 0 Å². The number of amides is 2. The Morgan fingerprint density at radius 1 is 1.14 bits per heavy atom. The lowest BCUT2D eigenvalue weighted by Crippen LogP contribution is -2.56. The molecular formula is C31H41Cl2N3O6S. The van der Waals surface area contributed by atoms with Gasteiger partial charge in [-0.25, -0.2) is 12.7 Å². The van der Waals surface area contributed by atoms with E-state index >= 15 is 0 Å². The van der Waals surface area contributed by atoms with Gasteiger partial charge < -0.3 is 20.4 Å². The van der Waals surface area contributed by atoms with Crippen LogP contribution in [0.4, 0.5) is 0 Å². The summed E-state index contributed by atoms with van der Waals surface area (Å²) in [6.45, 7) is 3.31. The van der Waals surface area contributed by atoms with Gasteiger partial charge in [-0.15, -0.1) is 0 Å². The van der Waals surface area contributed by atoms with Gasteiger partial charge in [-0.1, -0.05) is 54.4 Å². The highest BCUT2D eigenvalue weighted by Crippen LogP contribution is 2.52. The lowest BCUT2D eigenvalue weighted by molar-refractivity contribution is -0.157. The van der Waals surface area contributed by atoms with Crippen molar-refractivity contribution in [2.45, 2.75) is 75.3 Å². The van der Waals surface area contributed by atoms with E-state index in [1.165, 1.54) is 4.31 Å². The van der Waals surface area contributed by atoms with Gasteiger partial charge in [0.15, 0.2) is 0 Å². The van der Waals surface area contributed by atoms with E-state index in [-0.39, 0.29) is 42.6 Å². The lowest BCUT2D eigenvalue weighted by atomic mass is 9.67. The SMILES string of the molecule is C[C@@H](CCN(C)S(=O)(=O)C1CC1)N1C(=O)[C@@](C)(CC(=O)NC[C@@H](O)CO)C[C@H](c2cccc(Cl)c2)[C@H]1c1ccc(Cl)cc1. The molecule has 2 amide bonds. The minimum Gasteiger partial charge on any atom is -0.394 e. The van der Waals surface area contributed by atoms with Crippen molar-refractivity contribution in [3.05, 3.63) is 69.7 Å². The number of likely N-dealkylation sites (tertiary alicyclic amines) is 1. The van der Waals surface area contributed by atoms with Crippen molar-refractivity contribution in [2.75, 3.05) is 26.7 Å². The second-order valence-electron chi connectivity index (χ2n) is 12.2. The number of nitrogens with one attached hydrogen (secondary N) is 1. The number of piperidine rings is 1. The molecule has 1 aliphatic carbocycles. The van der Waals surface area contributed by atoms with E-state index in [0.717, 1.165) is 11.1 Å². The summed E-state index contributed by atoms with van der Waals surface area (Å²) in [4.78, 5) is 29.4. The molecule has 1 saturated carbocycles. The van der Waals surface area contributed by atoms with Crippen LogP contribution < -0.4 is 5.32 Å².